The van der Waals surface area contributed by atoms with E-state index in [1.165, 1.54) is 0 Å². The zero-order valence-electron chi connectivity index (χ0n) is 9.54. The van der Waals surface area contributed by atoms with E-state index in [1.807, 2.05) is 0 Å². The number of rotatable bonds is 0. The van der Waals surface area contributed by atoms with E-state index in [4.69, 9.17) is 17.0 Å². The summed E-state index contributed by atoms with van der Waals surface area (Å²) in [6, 6.07) is 0. The molecule has 0 spiro atoms. The van der Waals surface area contributed by atoms with Crippen LogP contribution in [0.1, 0.15) is 20.8 Å². The second-order valence-electron chi connectivity index (χ2n) is 4.61. The molecular weight excluding hydrogens is 196 g/mol. The van der Waals surface area contributed by atoms with Crippen LogP contribution in [-0.4, -0.2) is 53.8 Å². The van der Waals surface area contributed by atoms with Crippen molar-refractivity contribution in [1.82, 2.24) is 9.80 Å². The Bertz CT molecular complexity index is 205. The Balaban J connectivity index is 2.43. The maximum atomic E-state index is 5.09. The van der Waals surface area contributed by atoms with Gasteiger partial charge in [-0.2, -0.15) is 0 Å². The van der Waals surface area contributed by atoms with Gasteiger partial charge in [-0.3, -0.25) is 4.90 Å². The van der Waals surface area contributed by atoms with Crippen molar-refractivity contribution in [2.75, 3.05) is 33.3 Å². The summed E-state index contributed by atoms with van der Waals surface area (Å²) >= 11 is 5.09. The molecule has 0 radical (unpaired) electrons. The van der Waals surface area contributed by atoms with Crippen molar-refractivity contribution in [3.63, 3.8) is 0 Å². The van der Waals surface area contributed by atoms with Crippen LogP contribution in [0.5, 0.6) is 0 Å². The molecule has 1 aliphatic heterocycles. The number of ether oxygens (including phenoxy) is 1. The van der Waals surface area contributed by atoms with Crippen molar-refractivity contribution < 1.29 is 4.74 Å². The van der Waals surface area contributed by atoms with Gasteiger partial charge in [-0.15, -0.1) is 0 Å². The van der Waals surface area contributed by atoms with E-state index < -0.39 is 0 Å². The van der Waals surface area contributed by atoms with E-state index in [2.05, 4.69) is 30.6 Å². The molecule has 0 atom stereocenters. The molecule has 14 heavy (non-hydrogen) atoms. The van der Waals surface area contributed by atoms with Gasteiger partial charge in [0.1, 0.15) is 0 Å². The summed E-state index contributed by atoms with van der Waals surface area (Å²) in [5.41, 5.74) is 0.265. The molecule has 0 aromatic rings. The molecular formula is C10H20N2OS. The SMILES string of the molecule is COC(=S)N1CCN(C(C)(C)C)CC1. The first-order chi connectivity index (χ1) is 6.45. The number of hydrogen-bond acceptors (Lipinski definition) is 3. The summed E-state index contributed by atoms with van der Waals surface area (Å²) in [4.78, 5) is 4.60. The largest absolute Gasteiger partial charge is 0.474 e. The maximum absolute atomic E-state index is 5.09. The summed E-state index contributed by atoms with van der Waals surface area (Å²) in [6.45, 7) is 10.8. The van der Waals surface area contributed by atoms with Crippen LogP contribution >= 0.6 is 12.2 Å². The quantitative estimate of drug-likeness (QED) is 0.568. The average Bonchev–Trinajstić information content (AvgIpc) is 2.15. The van der Waals surface area contributed by atoms with Crippen LogP contribution in [0.25, 0.3) is 0 Å². The highest BCUT2D eigenvalue weighted by Crippen LogP contribution is 2.15. The number of nitrogens with zero attached hydrogens (tertiary/aromatic N) is 2. The van der Waals surface area contributed by atoms with E-state index in [0.29, 0.717) is 5.17 Å². The van der Waals surface area contributed by atoms with Gasteiger partial charge >= 0.3 is 0 Å². The third kappa shape index (κ3) is 2.82. The number of thiocarbonyl (C=S) groups is 1. The Kier molecular flexibility index (Phi) is 3.72. The van der Waals surface area contributed by atoms with E-state index in [0.717, 1.165) is 26.2 Å². The van der Waals surface area contributed by atoms with Crippen molar-refractivity contribution in [1.29, 1.82) is 0 Å². The molecule has 1 saturated heterocycles. The van der Waals surface area contributed by atoms with Gasteiger partial charge in [-0.1, -0.05) is 0 Å². The van der Waals surface area contributed by atoms with Crippen LogP contribution in [0.4, 0.5) is 0 Å². The molecule has 0 aliphatic carbocycles. The van der Waals surface area contributed by atoms with Gasteiger partial charge in [-0.25, -0.2) is 0 Å². The van der Waals surface area contributed by atoms with Gasteiger partial charge in [0.2, 0.25) is 0 Å². The van der Waals surface area contributed by atoms with E-state index in [9.17, 15) is 0 Å². The van der Waals surface area contributed by atoms with Gasteiger partial charge in [0.15, 0.2) is 0 Å². The molecule has 0 amide bonds. The fraction of sp³-hybridized carbons (Fsp3) is 0.900. The summed E-state index contributed by atoms with van der Waals surface area (Å²) in [7, 11) is 1.64. The van der Waals surface area contributed by atoms with Gasteiger partial charge in [-0.05, 0) is 33.0 Å². The molecule has 1 heterocycles. The molecule has 0 saturated carbocycles. The summed E-state index contributed by atoms with van der Waals surface area (Å²) < 4.78 is 5.05. The van der Waals surface area contributed by atoms with Crippen molar-refractivity contribution in [3.8, 4) is 0 Å². The molecule has 3 nitrogen and oxygen atoms in total. The number of hydrogen-bond donors (Lipinski definition) is 0. The normalized spacial score (nSPS) is 19.6. The first kappa shape index (κ1) is 11.7. The minimum Gasteiger partial charge on any atom is -0.474 e. The predicted octanol–water partition coefficient (Wildman–Crippen LogP) is 1.33. The minimum absolute atomic E-state index is 0.265. The molecule has 0 unspecified atom stereocenters. The fourth-order valence-electron chi connectivity index (χ4n) is 1.69. The third-order valence-corrected chi connectivity index (χ3v) is 3.09. The van der Waals surface area contributed by atoms with Gasteiger partial charge in [0.05, 0.1) is 7.11 Å². The Morgan fingerprint density at radius 1 is 1.14 bits per heavy atom. The molecule has 0 aromatic heterocycles. The van der Waals surface area contributed by atoms with E-state index in [1.54, 1.807) is 7.11 Å². The van der Waals surface area contributed by atoms with Gasteiger partial charge in [0.25, 0.3) is 5.17 Å². The zero-order valence-corrected chi connectivity index (χ0v) is 10.4. The van der Waals surface area contributed by atoms with Crippen LogP contribution in [0.3, 0.4) is 0 Å². The predicted molar refractivity (Wildman–Crippen MR) is 62.5 cm³/mol. The van der Waals surface area contributed by atoms with Crippen LogP contribution in [0.15, 0.2) is 0 Å². The van der Waals surface area contributed by atoms with Gasteiger partial charge < -0.3 is 9.64 Å². The molecule has 82 valence electrons. The van der Waals surface area contributed by atoms with Crippen LogP contribution in [0.2, 0.25) is 0 Å². The lowest BCUT2D eigenvalue weighted by Crippen LogP contribution is -2.54. The molecule has 4 heteroatoms. The zero-order chi connectivity index (χ0) is 10.8. The highest BCUT2D eigenvalue weighted by Gasteiger charge is 2.26. The highest BCUT2D eigenvalue weighted by molar-refractivity contribution is 7.80. The first-order valence-corrected chi connectivity index (χ1v) is 5.44. The molecule has 1 aliphatic rings. The maximum Gasteiger partial charge on any atom is 0.259 e. The van der Waals surface area contributed by atoms with Crippen molar-refractivity contribution in [2.24, 2.45) is 0 Å². The van der Waals surface area contributed by atoms with Crippen LogP contribution in [0, 0.1) is 0 Å². The lowest BCUT2D eigenvalue weighted by molar-refractivity contribution is 0.0812. The molecule has 0 bridgehead atoms. The molecule has 1 fully saturated rings. The first-order valence-electron chi connectivity index (χ1n) is 5.03. The molecule has 1 rings (SSSR count). The Morgan fingerprint density at radius 2 is 1.64 bits per heavy atom. The lowest BCUT2D eigenvalue weighted by Gasteiger charge is -2.42. The van der Waals surface area contributed by atoms with Crippen LogP contribution < -0.4 is 0 Å². The number of piperazine rings is 1. The van der Waals surface area contributed by atoms with Crippen LogP contribution in [-0.2, 0) is 4.74 Å². The van der Waals surface area contributed by atoms with Crippen molar-refractivity contribution in [3.05, 3.63) is 0 Å². The molecule has 0 aromatic carbocycles. The standard InChI is InChI=1S/C10H20N2OS/c1-10(2,3)12-7-5-11(6-8-12)9(14)13-4/h5-8H2,1-4H3. The van der Waals surface area contributed by atoms with Crippen molar-refractivity contribution in [2.45, 2.75) is 26.3 Å². The van der Waals surface area contributed by atoms with Crippen molar-refractivity contribution >= 4 is 17.4 Å². The minimum atomic E-state index is 0.265. The fourth-order valence-corrected chi connectivity index (χ4v) is 1.87. The topological polar surface area (TPSA) is 15.7 Å². The molecule has 0 N–H and O–H groups in total. The second kappa shape index (κ2) is 4.45. The highest BCUT2D eigenvalue weighted by atomic mass is 32.1. The summed E-state index contributed by atoms with van der Waals surface area (Å²) in [6.07, 6.45) is 0. The summed E-state index contributed by atoms with van der Waals surface area (Å²) in [5.74, 6) is 0. The number of methoxy groups -OCH3 is 1. The Labute approximate surface area is 92.0 Å². The van der Waals surface area contributed by atoms with Gasteiger partial charge in [0, 0.05) is 31.7 Å². The smallest absolute Gasteiger partial charge is 0.259 e. The summed E-state index contributed by atoms with van der Waals surface area (Å²) in [5, 5.41) is 0.624. The second-order valence-corrected chi connectivity index (χ2v) is 4.96. The monoisotopic (exact) mass is 216 g/mol. The van der Waals surface area contributed by atoms with E-state index in [-0.39, 0.29) is 5.54 Å². The van der Waals surface area contributed by atoms with E-state index >= 15 is 0 Å². The Morgan fingerprint density at radius 3 is 2.00 bits per heavy atom. The third-order valence-electron chi connectivity index (χ3n) is 2.66. The lowest BCUT2D eigenvalue weighted by atomic mass is 10.1. The average molecular weight is 216 g/mol. The Hall–Kier alpha value is -0.350.